The van der Waals surface area contributed by atoms with E-state index < -0.39 is 5.91 Å². The molecule has 4 nitrogen and oxygen atoms in total. The highest BCUT2D eigenvalue weighted by Gasteiger charge is 2.14. The second-order valence-corrected chi connectivity index (χ2v) is 4.89. The van der Waals surface area contributed by atoms with E-state index in [4.69, 9.17) is 16.2 Å². The Hall–Kier alpha value is -2.14. The molecule has 98 valence electrons. The fourth-order valence-corrected chi connectivity index (χ4v) is 2.76. The van der Waals surface area contributed by atoms with E-state index in [0.29, 0.717) is 16.1 Å². The SMILES string of the molecule is COc1ccccc1Sc1c(N)cccc1C(N)=O. The molecule has 0 fully saturated rings. The van der Waals surface area contributed by atoms with Gasteiger partial charge in [0.1, 0.15) is 5.75 Å². The van der Waals surface area contributed by atoms with Crippen LogP contribution in [0.5, 0.6) is 5.75 Å². The molecular weight excluding hydrogens is 260 g/mol. The van der Waals surface area contributed by atoms with E-state index in [1.165, 1.54) is 11.8 Å². The molecule has 0 spiro atoms. The van der Waals surface area contributed by atoms with Crippen LogP contribution in [0.25, 0.3) is 0 Å². The van der Waals surface area contributed by atoms with Crippen molar-refractivity contribution in [2.45, 2.75) is 9.79 Å². The lowest BCUT2D eigenvalue weighted by Gasteiger charge is -2.12. The number of ether oxygens (including phenoxy) is 1. The van der Waals surface area contributed by atoms with Crippen molar-refractivity contribution in [2.24, 2.45) is 5.73 Å². The highest BCUT2D eigenvalue weighted by Crippen LogP contribution is 2.39. The van der Waals surface area contributed by atoms with Crippen molar-refractivity contribution in [3.8, 4) is 5.75 Å². The lowest BCUT2D eigenvalue weighted by atomic mass is 10.2. The molecule has 0 aromatic heterocycles. The normalized spacial score (nSPS) is 10.2. The summed E-state index contributed by atoms with van der Waals surface area (Å²) >= 11 is 1.37. The van der Waals surface area contributed by atoms with Gasteiger partial charge in [0.25, 0.3) is 0 Å². The third-order valence-corrected chi connectivity index (χ3v) is 3.81. The minimum Gasteiger partial charge on any atom is -0.496 e. The Balaban J connectivity index is 2.46. The third kappa shape index (κ3) is 2.82. The molecule has 4 N–H and O–H groups in total. The number of amides is 1. The van der Waals surface area contributed by atoms with Gasteiger partial charge in [0, 0.05) is 10.6 Å². The van der Waals surface area contributed by atoms with Crippen LogP contribution in [0, 0.1) is 0 Å². The first-order valence-corrected chi connectivity index (χ1v) is 6.44. The number of nitrogens with two attached hydrogens (primary N) is 2. The standard InChI is InChI=1S/C14H14N2O2S/c1-18-11-7-2-3-8-12(11)19-13-9(14(16)17)5-4-6-10(13)15/h2-8H,15H2,1H3,(H2,16,17). The maximum absolute atomic E-state index is 11.4. The fourth-order valence-electron chi connectivity index (χ4n) is 1.68. The maximum Gasteiger partial charge on any atom is 0.249 e. The summed E-state index contributed by atoms with van der Waals surface area (Å²) in [6, 6.07) is 12.6. The zero-order valence-electron chi connectivity index (χ0n) is 10.4. The van der Waals surface area contributed by atoms with Crippen molar-refractivity contribution >= 4 is 23.4 Å². The van der Waals surface area contributed by atoms with Crippen LogP contribution in [0.15, 0.2) is 52.3 Å². The van der Waals surface area contributed by atoms with E-state index >= 15 is 0 Å². The first-order chi connectivity index (χ1) is 9.13. The maximum atomic E-state index is 11.4. The smallest absolute Gasteiger partial charge is 0.249 e. The number of hydrogen-bond acceptors (Lipinski definition) is 4. The van der Waals surface area contributed by atoms with Crippen LogP contribution in [0.1, 0.15) is 10.4 Å². The van der Waals surface area contributed by atoms with Gasteiger partial charge in [-0.05, 0) is 24.3 Å². The molecule has 0 aliphatic carbocycles. The van der Waals surface area contributed by atoms with E-state index in [1.54, 1.807) is 25.3 Å². The van der Waals surface area contributed by atoms with E-state index in [-0.39, 0.29) is 0 Å². The molecule has 0 saturated heterocycles. The highest BCUT2D eigenvalue weighted by molar-refractivity contribution is 7.99. The van der Waals surface area contributed by atoms with Crippen LogP contribution in [-0.2, 0) is 0 Å². The summed E-state index contributed by atoms with van der Waals surface area (Å²) in [4.78, 5) is 13.0. The number of carbonyl (C=O) groups excluding carboxylic acids is 1. The Morgan fingerprint density at radius 3 is 2.58 bits per heavy atom. The van der Waals surface area contributed by atoms with Crippen molar-refractivity contribution < 1.29 is 9.53 Å². The van der Waals surface area contributed by atoms with Crippen LogP contribution in [0.3, 0.4) is 0 Å². The van der Waals surface area contributed by atoms with Gasteiger partial charge in [-0.3, -0.25) is 4.79 Å². The molecule has 0 saturated carbocycles. The summed E-state index contributed by atoms with van der Waals surface area (Å²) in [6.45, 7) is 0. The number of hydrogen-bond donors (Lipinski definition) is 2. The van der Waals surface area contributed by atoms with Crippen LogP contribution in [0.4, 0.5) is 5.69 Å². The van der Waals surface area contributed by atoms with E-state index in [0.717, 1.165) is 10.6 Å². The molecule has 0 atom stereocenters. The largest absolute Gasteiger partial charge is 0.496 e. The van der Waals surface area contributed by atoms with Crippen LogP contribution in [0.2, 0.25) is 0 Å². The van der Waals surface area contributed by atoms with Gasteiger partial charge >= 0.3 is 0 Å². The zero-order valence-corrected chi connectivity index (χ0v) is 11.2. The van der Waals surface area contributed by atoms with Gasteiger partial charge in [-0.15, -0.1) is 0 Å². The molecule has 0 aliphatic rings. The van der Waals surface area contributed by atoms with Gasteiger partial charge in [-0.25, -0.2) is 0 Å². The van der Waals surface area contributed by atoms with Gasteiger partial charge in [-0.2, -0.15) is 0 Å². The lowest BCUT2D eigenvalue weighted by molar-refractivity contribution is 0.0997. The third-order valence-electron chi connectivity index (χ3n) is 2.59. The topological polar surface area (TPSA) is 78.3 Å². The second kappa shape index (κ2) is 5.67. The summed E-state index contributed by atoms with van der Waals surface area (Å²) < 4.78 is 5.28. The predicted octanol–water partition coefficient (Wildman–Crippen LogP) is 2.53. The molecule has 2 aromatic carbocycles. The minimum absolute atomic E-state index is 0.413. The summed E-state index contributed by atoms with van der Waals surface area (Å²) in [5, 5.41) is 0. The molecular formula is C14H14N2O2S. The average Bonchev–Trinajstić information content (AvgIpc) is 2.41. The molecule has 0 radical (unpaired) electrons. The highest BCUT2D eigenvalue weighted by atomic mass is 32.2. The van der Waals surface area contributed by atoms with E-state index in [2.05, 4.69) is 0 Å². The molecule has 2 rings (SSSR count). The summed E-state index contributed by atoms with van der Waals surface area (Å²) in [6.07, 6.45) is 0. The van der Waals surface area contributed by atoms with Crippen molar-refractivity contribution in [1.29, 1.82) is 0 Å². The van der Waals surface area contributed by atoms with Crippen molar-refractivity contribution in [1.82, 2.24) is 0 Å². The summed E-state index contributed by atoms with van der Waals surface area (Å²) in [5.41, 5.74) is 12.2. The molecule has 0 aliphatic heterocycles. The summed E-state index contributed by atoms with van der Waals surface area (Å²) in [7, 11) is 1.60. The van der Waals surface area contributed by atoms with Crippen molar-refractivity contribution in [3.63, 3.8) is 0 Å². The van der Waals surface area contributed by atoms with Gasteiger partial charge in [0.15, 0.2) is 0 Å². The first kappa shape index (κ1) is 13.3. The predicted molar refractivity (Wildman–Crippen MR) is 76.5 cm³/mol. The number of nitrogen functional groups attached to an aromatic ring is 1. The molecule has 0 unspecified atom stereocenters. The van der Waals surface area contributed by atoms with Gasteiger partial charge in [0.2, 0.25) is 5.91 Å². The van der Waals surface area contributed by atoms with Crippen LogP contribution in [-0.4, -0.2) is 13.0 Å². The minimum atomic E-state index is -0.496. The number of anilines is 1. The Labute approximate surface area is 115 Å². The first-order valence-electron chi connectivity index (χ1n) is 5.62. The molecule has 19 heavy (non-hydrogen) atoms. The molecule has 0 bridgehead atoms. The fraction of sp³-hybridized carbons (Fsp3) is 0.0714. The number of primary amides is 1. The Morgan fingerprint density at radius 2 is 1.89 bits per heavy atom. The monoisotopic (exact) mass is 274 g/mol. The Kier molecular flexibility index (Phi) is 3.97. The van der Waals surface area contributed by atoms with Crippen LogP contribution < -0.4 is 16.2 Å². The molecule has 2 aromatic rings. The second-order valence-electron chi connectivity index (χ2n) is 3.84. The van der Waals surface area contributed by atoms with Gasteiger partial charge in [-0.1, -0.05) is 30.0 Å². The zero-order chi connectivity index (χ0) is 13.8. The van der Waals surface area contributed by atoms with E-state index in [1.807, 2.05) is 24.3 Å². The Bertz CT molecular complexity index is 614. The Morgan fingerprint density at radius 1 is 1.16 bits per heavy atom. The lowest BCUT2D eigenvalue weighted by Crippen LogP contribution is -2.13. The number of carbonyl (C=O) groups is 1. The average molecular weight is 274 g/mol. The molecule has 5 heteroatoms. The van der Waals surface area contributed by atoms with Crippen molar-refractivity contribution in [2.75, 3.05) is 12.8 Å². The van der Waals surface area contributed by atoms with E-state index in [9.17, 15) is 4.79 Å². The number of methoxy groups -OCH3 is 1. The number of benzene rings is 2. The number of rotatable bonds is 4. The molecule has 1 amide bonds. The molecule has 0 heterocycles. The number of para-hydroxylation sites is 1. The van der Waals surface area contributed by atoms with Gasteiger partial charge in [0.05, 0.1) is 17.6 Å². The summed E-state index contributed by atoms with van der Waals surface area (Å²) in [5.74, 6) is 0.232. The van der Waals surface area contributed by atoms with Crippen molar-refractivity contribution in [3.05, 3.63) is 48.0 Å². The van der Waals surface area contributed by atoms with Crippen LogP contribution >= 0.6 is 11.8 Å². The quantitative estimate of drug-likeness (QED) is 0.840. The van der Waals surface area contributed by atoms with Gasteiger partial charge < -0.3 is 16.2 Å².